The van der Waals surface area contributed by atoms with Gasteiger partial charge in [-0.05, 0) is 49.2 Å². The van der Waals surface area contributed by atoms with E-state index < -0.39 is 0 Å². The fourth-order valence-electron chi connectivity index (χ4n) is 4.90. The van der Waals surface area contributed by atoms with Crippen LogP contribution in [0.3, 0.4) is 0 Å². The van der Waals surface area contributed by atoms with Gasteiger partial charge < -0.3 is 9.64 Å². The maximum absolute atomic E-state index is 13.1. The van der Waals surface area contributed by atoms with Crippen molar-refractivity contribution in [1.82, 2.24) is 4.90 Å². The first-order valence-corrected chi connectivity index (χ1v) is 12.4. The summed E-state index contributed by atoms with van der Waals surface area (Å²) in [5.41, 5.74) is 3.38. The minimum atomic E-state index is -0.289. The summed E-state index contributed by atoms with van der Waals surface area (Å²) in [5, 5.41) is 0. The van der Waals surface area contributed by atoms with Gasteiger partial charge in [0.25, 0.3) is 5.91 Å². The molecule has 3 aromatic rings. The number of para-hydroxylation sites is 1. The monoisotopic (exact) mass is 469 g/mol. The largest absolute Gasteiger partial charge is 0.493 e. The van der Waals surface area contributed by atoms with Gasteiger partial charge in [-0.25, -0.2) is 4.90 Å². The third-order valence-electron chi connectivity index (χ3n) is 6.78. The molecule has 2 aliphatic heterocycles. The zero-order valence-electron chi connectivity index (χ0n) is 19.9. The number of nitrogens with zero attached hydrogens (tertiary/aromatic N) is 3. The molecule has 6 nitrogen and oxygen atoms in total. The molecule has 35 heavy (non-hydrogen) atoms. The van der Waals surface area contributed by atoms with E-state index in [1.165, 1.54) is 10.6 Å². The van der Waals surface area contributed by atoms with E-state index in [0.29, 0.717) is 30.7 Å². The Hall–Kier alpha value is -3.64. The molecule has 6 heteroatoms. The molecule has 0 radical (unpaired) electrons. The van der Waals surface area contributed by atoms with Crippen LogP contribution in [0.1, 0.15) is 28.8 Å². The SMILES string of the molecule is O=C1CCc2c(OCCCN3CCN(c4ccccc4)CC3)cccc2N1C(=O)c1ccccc1. The van der Waals surface area contributed by atoms with Crippen LogP contribution in [0.5, 0.6) is 5.75 Å². The minimum Gasteiger partial charge on any atom is -0.493 e. The fourth-order valence-corrected chi connectivity index (χ4v) is 4.90. The summed E-state index contributed by atoms with van der Waals surface area (Å²) in [6.45, 7) is 5.78. The van der Waals surface area contributed by atoms with Crippen LogP contribution in [-0.4, -0.2) is 56.0 Å². The topological polar surface area (TPSA) is 53.1 Å². The van der Waals surface area contributed by atoms with Crippen molar-refractivity contribution in [3.8, 4) is 5.75 Å². The Kier molecular flexibility index (Phi) is 7.09. The maximum Gasteiger partial charge on any atom is 0.265 e. The van der Waals surface area contributed by atoms with Crippen molar-refractivity contribution >= 4 is 23.2 Å². The van der Waals surface area contributed by atoms with Crippen molar-refractivity contribution in [1.29, 1.82) is 0 Å². The van der Waals surface area contributed by atoms with E-state index in [1.807, 2.05) is 36.4 Å². The quantitative estimate of drug-likeness (QED) is 0.379. The molecular formula is C29H31N3O3. The van der Waals surface area contributed by atoms with Crippen molar-refractivity contribution in [3.63, 3.8) is 0 Å². The first-order valence-electron chi connectivity index (χ1n) is 12.4. The highest BCUT2D eigenvalue weighted by Gasteiger charge is 2.31. The Morgan fingerprint density at radius 1 is 0.800 bits per heavy atom. The fraction of sp³-hybridized carbons (Fsp3) is 0.310. The smallest absolute Gasteiger partial charge is 0.265 e. The summed E-state index contributed by atoms with van der Waals surface area (Å²) in [5.74, 6) is 0.316. The number of carbonyl (C=O) groups excluding carboxylic acids is 2. The highest BCUT2D eigenvalue weighted by atomic mass is 16.5. The van der Waals surface area contributed by atoms with Gasteiger partial charge in [0, 0.05) is 56.0 Å². The number of anilines is 2. The highest BCUT2D eigenvalue weighted by molar-refractivity contribution is 6.22. The van der Waals surface area contributed by atoms with Gasteiger partial charge in [-0.15, -0.1) is 0 Å². The number of ether oxygens (including phenoxy) is 1. The Morgan fingerprint density at radius 3 is 2.26 bits per heavy atom. The number of benzene rings is 3. The van der Waals surface area contributed by atoms with Gasteiger partial charge in [-0.2, -0.15) is 0 Å². The molecular weight excluding hydrogens is 438 g/mol. The van der Waals surface area contributed by atoms with Crippen molar-refractivity contribution in [2.75, 3.05) is 49.1 Å². The van der Waals surface area contributed by atoms with Gasteiger partial charge in [0.05, 0.1) is 12.3 Å². The number of amides is 2. The molecule has 1 fully saturated rings. The Morgan fingerprint density at radius 2 is 1.51 bits per heavy atom. The van der Waals surface area contributed by atoms with Crippen LogP contribution >= 0.6 is 0 Å². The number of rotatable bonds is 7. The molecule has 0 bridgehead atoms. The molecule has 0 aromatic heterocycles. The third kappa shape index (κ3) is 5.23. The number of piperazine rings is 1. The van der Waals surface area contributed by atoms with E-state index in [2.05, 4.69) is 40.1 Å². The van der Waals surface area contributed by atoms with Gasteiger partial charge in [0.2, 0.25) is 5.91 Å². The number of fused-ring (bicyclic) bond motifs is 1. The second kappa shape index (κ2) is 10.7. The lowest BCUT2D eigenvalue weighted by Crippen LogP contribution is -2.46. The molecule has 0 unspecified atom stereocenters. The van der Waals surface area contributed by atoms with Crippen LogP contribution < -0.4 is 14.5 Å². The van der Waals surface area contributed by atoms with Crippen LogP contribution in [-0.2, 0) is 11.2 Å². The van der Waals surface area contributed by atoms with Crippen molar-refractivity contribution in [2.45, 2.75) is 19.3 Å². The lowest BCUT2D eigenvalue weighted by atomic mass is 9.99. The maximum atomic E-state index is 13.1. The third-order valence-corrected chi connectivity index (χ3v) is 6.78. The second-order valence-electron chi connectivity index (χ2n) is 9.02. The van der Waals surface area contributed by atoms with Crippen LogP contribution in [0.15, 0.2) is 78.9 Å². The van der Waals surface area contributed by atoms with E-state index >= 15 is 0 Å². The summed E-state index contributed by atoms with van der Waals surface area (Å²) in [6.07, 6.45) is 1.82. The zero-order valence-corrected chi connectivity index (χ0v) is 19.9. The molecule has 3 aromatic carbocycles. The predicted octanol–water partition coefficient (Wildman–Crippen LogP) is 4.40. The number of hydrogen-bond donors (Lipinski definition) is 0. The first-order chi connectivity index (χ1) is 17.2. The van der Waals surface area contributed by atoms with Crippen LogP contribution in [0, 0.1) is 0 Å². The molecule has 2 amide bonds. The molecule has 2 aliphatic rings. The van der Waals surface area contributed by atoms with Crippen molar-refractivity contribution in [3.05, 3.63) is 90.0 Å². The molecule has 2 heterocycles. The van der Waals surface area contributed by atoms with E-state index in [1.54, 1.807) is 12.1 Å². The van der Waals surface area contributed by atoms with E-state index in [9.17, 15) is 9.59 Å². The Bertz CT molecular complexity index is 1160. The summed E-state index contributed by atoms with van der Waals surface area (Å²) in [6, 6.07) is 25.2. The lowest BCUT2D eigenvalue weighted by molar-refractivity contribution is -0.118. The standard InChI is InChI=1S/C29H31N3O3/c33-28-16-15-25-26(32(28)29(34)23-9-3-1-4-10-23)13-7-14-27(25)35-22-8-17-30-18-20-31(21-19-30)24-11-5-2-6-12-24/h1-7,9-14H,8,15-22H2. The zero-order chi connectivity index (χ0) is 24.0. The molecule has 0 N–H and O–H groups in total. The van der Waals surface area contributed by atoms with E-state index in [-0.39, 0.29) is 11.8 Å². The Labute approximate surface area is 206 Å². The normalized spacial score (nSPS) is 16.2. The molecule has 1 saturated heterocycles. The lowest BCUT2D eigenvalue weighted by Gasteiger charge is -2.36. The van der Waals surface area contributed by atoms with E-state index in [4.69, 9.17) is 4.74 Å². The number of hydrogen-bond acceptors (Lipinski definition) is 5. The predicted molar refractivity (Wildman–Crippen MR) is 138 cm³/mol. The number of carbonyl (C=O) groups is 2. The van der Waals surface area contributed by atoms with Crippen LogP contribution in [0.4, 0.5) is 11.4 Å². The van der Waals surface area contributed by atoms with Crippen LogP contribution in [0.2, 0.25) is 0 Å². The van der Waals surface area contributed by atoms with E-state index in [0.717, 1.165) is 50.5 Å². The van der Waals surface area contributed by atoms with Crippen LogP contribution in [0.25, 0.3) is 0 Å². The average Bonchev–Trinajstić information content (AvgIpc) is 2.92. The van der Waals surface area contributed by atoms with Crippen molar-refractivity contribution in [2.24, 2.45) is 0 Å². The number of imide groups is 1. The first kappa shape index (κ1) is 23.1. The highest BCUT2D eigenvalue weighted by Crippen LogP contribution is 2.35. The van der Waals surface area contributed by atoms with Gasteiger partial charge in [0.15, 0.2) is 0 Å². The van der Waals surface area contributed by atoms with Gasteiger partial charge >= 0.3 is 0 Å². The Balaban J connectivity index is 1.16. The molecule has 0 saturated carbocycles. The summed E-state index contributed by atoms with van der Waals surface area (Å²) in [4.78, 5) is 32.0. The second-order valence-corrected chi connectivity index (χ2v) is 9.02. The molecule has 0 atom stereocenters. The average molecular weight is 470 g/mol. The molecule has 5 rings (SSSR count). The summed E-state index contributed by atoms with van der Waals surface area (Å²) in [7, 11) is 0. The molecule has 0 spiro atoms. The summed E-state index contributed by atoms with van der Waals surface area (Å²) < 4.78 is 6.17. The molecule has 0 aliphatic carbocycles. The van der Waals surface area contributed by atoms with Crippen molar-refractivity contribution < 1.29 is 14.3 Å². The van der Waals surface area contributed by atoms with Gasteiger partial charge in [-0.3, -0.25) is 14.5 Å². The molecule has 180 valence electrons. The van der Waals surface area contributed by atoms with Gasteiger partial charge in [-0.1, -0.05) is 42.5 Å². The summed E-state index contributed by atoms with van der Waals surface area (Å²) >= 11 is 0. The van der Waals surface area contributed by atoms with Gasteiger partial charge in [0.1, 0.15) is 5.75 Å². The minimum absolute atomic E-state index is 0.168.